The van der Waals surface area contributed by atoms with Gasteiger partial charge in [0.25, 0.3) is 0 Å². The molecule has 13 heteroatoms. The van der Waals surface area contributed by atoms with Crippen LogP contribution < -0.4 is 19.1 Å². The molecule has 0 saturated carbocycles. The molecule has 1 aliphatic heterocycles. The summed E-state index contributed by atoms with van der Waals surface area (Å²) in [5, 5.41) is 2.74. The molecule has 2 aromatic rings. The zero-order valence-corrected chi connectivity index (χ0v) is 22.8. The van der Waals surface area contributed by atoms with E-state index in [1.165, 1.54) is 28.6 Å². The molecule has 0 aliphatic carbocycles. The predicted octanol–water partition coefficient (Wildman–Crippen LogP) is 1.24. The third-order valence-corrected chi connectivity index (χ3v) is 8.89. The number of rotatable bonds is 12. The lowest BCUT2D eigenvalue weighted by Crippen LogP contribution is -2.41. The van der Waals surface area contributed by atoms with E-state index in [4.69, 9.17) is 14.2 Å². The molecule has 1 amide bonds. The van der Waals surface area contributed by atoms with Crippen LogP contribution in [0.15, 0.2) is 47.4 Å². The van der Waals surface area contributed by atoms with Crippen LogP contribution in [0.1, 0.15) is 12.0 Å². The van der Waals surface area contributed by atoms with Crippen molar-refractivity contribution in [1.82, 2.24) is 9.62 Å². The van der Waals surface area contributed by atoms with Crippen LogP contribution >= 0.6 is 0 Å². The van der Waals surface area contributed by atoms with Gasteiger partial charge in [0.2, 0.25) is 26.0 Å². The Morgan fingerprint density at radius 2 is 1.65 bits per heavy atom. The monoisotopic (exact) mass is 555 g/mol. The van der Waals surface area contributed by atoms with Crippen molar-refractivity contribution in [3.05, 3.63) is 48.0 Å². The van der Waals surface area contributed by atoms with E-state index in [0.717, 1.165) is 16.1 Å². The lowest BCUT2D eigenvalue weighted by atomic mass is 10.1. The summed E-state index contributed by atoms with van der Waals surface area (Å²) in [5.41, 5.74) is 1.21. The molecule has 2 aromatic carbocycles. The van der Waals surface area contributed by atoms with Gasteiger partial charge in [-0.3, -0.25) is 9.10 Å². The molecule has 0 aromatic heterocycles. The fourth-order valence-corrected chi connectivity index (χ4v) is 6.13. The van der Waals surface area contributed by atoms with Crippen LogP contribution in [0.3, 0.4) is 0 Å². The Kier molecular flexibility index (Phi) is 9.76. The van der Waals surface area contributed by atoms with Crippen LogP contribution in [0.5, 0.6) is 11.5 Å². The number of anilines is 1. The van der Waals surface area contributed by atoms with Crippen molar-refractivity contribution in [2.45, 2.75) is 17.7 Å². The van der Waals surface area contributed by atoms with Crippen molar-refractivity contribution in [3.63, 3.8) is 0 Å². The number of sulfonamides is 2. The molecule has 1 fully saturated rings. The number of nitrogens with zero attached hydrogens (tertiary/aromatic N) is 2. The van der Waals surface area contributed by atoms with E-state index in [0.29, 0.717) is 44.1 Å². The van der Waals surface area contributed by atoms with Crippen molar-refractivity contribution in [1.29, 1.82) is 0 Å². The maximum absolute atomic E-state index is 12.8. The number of aryl methyl sites for hydroxylation is 1. The van der Waals surface area contributed by atoms with Crippen LogP contribution in [0, 0.1) is 0 Å². The minimum atomic E-state index is -3.80. The van der Waals surface area contributed by atoms with E-state index >= 15 is 0 Å². The molecular weight excluding hydrogens is 522 g/mol. The van der Waals surface area contributed by atoms with Crippen molar-refractivity contribution in [3.8, 4) is 11.5 Å². The van der Waals surface area contributed by atoms with E-state index in [9.17, 15) is 21.6 Å². The number of methoxy groups -OCH3 is 2. The number of morpholine rings is 1. The molecule has 0 radical (unpaired) electrons. The quantitative estimate of drug-likeness (QED) is 0.387. The molecular formula is C24H33N3O8S2. The summed E-state index contributed by atoms with van der Waals surface area (Å²) >= 11 is 0. The maximum Gasteiger partial charge on any atom is 0.243 e. The fourth-order valence-electron chi connectivity index (χ4n) is 3.86. The van der Waals surface area contributed by atoms with Crippen molar-refractivity contribution in [2.75, 3.05) is 64.2 Å². The minimum Gasteiger partial charge on any atom is -0.493 e. The molecule has 0 spiro atoms. The van der Waals surface area contributed by atoms with Gasteiger partial charge in [-0.25, -0.2) is 16.8 Å². The fraction of sp³-hybridized carbons (Fsp3) is 0.458. The Hall–Kier alpha value is -2.87. The molecule has 1 aliphatic rings. The first kappa shape index (κ1) is 28.7. The first-order valence-electron chi connectivity index (χ1n) is 11.7. The number of carbonyl (C=O) groups excluding carboxylic acids is 1. The molecule has 0 atom stereocenters. The molecule has 37 heavy (non-hydrogen) atoms. The third-order valence-electron chi connectivity index (χ3n) is 5.83. The van der Waals surface area contributed by atoms with Gasteiger partial charge in [-0.05, 0) is 54.8 Å². The summed E-state index contributed by atoms with van der Waals surface area (Å²) in [6, 6.07) is 11.1. The Morgan fingerprint density at radius 3 is 2.24 bits per heavy atom. The number of hydrogen-bond acceptors (Lipinski definition) is 8. The van der Waals surface area contributed by atoms with Crippen molar-refractivity contribution in [2.24, 2.45) is 0 Å². The van der Waals surface area contributed by atoms with Crippen LogP contribution in [-0.4, -0.2) is 86.9 Å². The SMILES string of the molecule is COc1ccc(CCCNC(=O)CN(c2ccc(S(=O)(=O)N3CCOCC3)cc2)S(C)(=O)=O)cc1OC. The summed E-state index contributed by atoms with van der Waals surface area (Å²) in [5.74, 6) is 0.784. The Bertz CT molecular complexity index is 1280. The first-order valence-corrected chi connectivity index (χ1v) is 15.0. The maximum atomic E-state index is 12.8. The smallest absolute Gasteiger partial charge is 0.243 e. The molecule has 0 bridgehead atoms. The van der Waals surface area contributed by atoms with Gasteiger partial charge in [-0.1, -0.05) is 6.07 Å². The molecule has 0 unspecified atom stereocenters. The second-order valence-electron chi connectivity index (χ2n) is 8.42. The number of ether oxygens (including phenoxy) is 3. The molecule has 11 nitrogen and oxygen atoms in total. The molecule has 1 N–H and O–H groups in total. The number of amides is 1. The van der Waals surface area contributed by atoms with Gasteiger partial charge in [-0.15, -0.1) is 0 Å². The summed E-state index contributed by atoms with van der Waals surface area (Å²) < 4.78 is 68.5. The number of benzene rings is 2. The Labute approximate surface area is 218 Å². The number of hydrogen-bond donors (Lipinski definition) is 1. The van der Waals surface area contributed by atoms with E-state index < -0.39 is 32.5 Å². The Morgan fingerprint density at radius 1 is 1.00 bits per heavy atom. The van der Waals surface area contributed by atoms with Gasteiger partial charge in [0.15, 0.2) is 11.5 Å². The van der Waals surface area contributed by atoms with Gasteiger partial charge in [0.05, 0.1) is 44.3 Å². The highest BCUT2D eigenvalue weighted by Crippen LogP contribution is 2.28. The molecule has 204 valence electrons. The van der Waals surface area contributed by atoms with Gasteiger partial charge in [0.1, 0.15) is 6.54 Å². The van der Waals surface area contributed by atoms with Crippen LogP contribution in [0.4, 0.5) is 5.69 Å². The van der Waals surface area contributed by atoms with Gasteiger partial charge < -0.3 is 19.5 Å². The van der Waals surface area contributed by atoms with Crippen LogP contribution in [0.2, 0.25) is 0 Å². The van der Waals surface area contributed by atoms with Crippen molar-refractivity contribution >= 4 is 31.6 Å². The van der Waals surface area contributed by atoms with Crippen LogP contribution in [-0.2, 0) is 36.0 Å². The van der Waals surface area contributed by atoms with Gasteiger partial charge in [0, 0.05) is 19.6 Å². The van der Waals surface area contributed by atoms with Crippen LogP contribution in [0.25, 0.3) is 0 Å². The van der Waals surface area contributed by atoms with E-state index in [2.05, 4.69) is 5.32 Å². The standard InChI is InChI=1S/C24H33N3O8S2/c1-33-22-11-6-19(17-23(22)34-2)5-4-12-25-24(28)18-27(36(3,29)30)20-7-9-21(10-8-20)37(31,32)26-13-15-35-16-14-26/h6-11,17H,4-5,12-16,18H2,1-3H3,(H,25,28). The predicted molar refractivity (Wildman–Crippen MR) is 139 cm³/mol. The first-order chi connectivity index (χ1) is 17.6. The largest absolute Gasteiger partial charge is 0.493 e. The zero-order chi connectivity index (χ0) is 27.1. The summed E-state index contributed by atoms with van der Waals surface area (Å²) in [6.07, 6.45) is 2.30. The summed E-state index contributed by atoms with van der Waals surface area (Å²) in [4.78, 5) is 12.6. The normalized spacial score (nSPS) is 14.7. The molecule has 1 heterocycles. The number of nitrogens with one attached hydrogen (secondary N) is 1. The summed E-state index contributed by atoms with van der Waals surface area (Å²) in [7, 11) is -4.39. The molecule has 3 rings (SSSR count). The van der Waals surface area contributed by atoms with E-state index in [1.54, 1.807) is 14.2 Å². The van der Waals surface area contributed by atoms with E-state index in [1.807, 2.05) is 18.2 Å². The average Bonchev–Trinajstić information content (AvgIpc) is 2.89. The second-order valence-corrected chi connectivity index (χ2v) is 12.3. The lowest BCUT2D eigenvalue weighted by molar-refractivity contribution is -0.119. The summed E-state index contributed by atoms with van der Waals surface area (Å²) in [6.45, 7) is 1.08. The highest BCUT2D eigenvalue weighted by atomic mass is 32.2. The van der Waals surface area contributed by atoms with Crippen molar-refractivity contribution < 1.29 is 35.8 Å². The highest BCUT2D eigenvalue weighted by molar-refractivity contribution is 7.92. The third kappa shape index (κ3) is 7.57. The minimum absolute atomic E-state index is 0.0474. The zero-order valence-electron chi connectivity index (χ0n) is 21.2. The second kappa shape index (κ2) is 12.6. The topological polar surface area (TPSA) is 132 Å². The lowest BCUT2D eigenvalue weighted by Gasteiger charge is -2.26. The average molecular weight is 556 g/mol. The van der Waals surface area contributed by atoms with Gasteiger partial charge >= 0.3 is 0 Å². The number of carbonyl (C=O) groups is 1. The van der Waals surface area contributed by atoms with E-state index in [-0.39, 0.29) is 23.7 Å². The highest BCUT2D eigenvalue weighted by Gasteiger charge is 2.27. The molecule has 1 saturated heterocycles. The Balaban J connectivity index is 1.59. The van der Waals surface area contributed by atoms with Gasteiger partial charge in [-0.2, -0.15) is 4.31 Å².